The van der Waals surface area contributed by atoms with E-state index in [1.165, 1.54) is 12.0 Å². The number of ether oxygens (including phenoxy) is 3. The van der Waals surface area contributed by atoms with Crippen LogP contribution in [0.2, 0.25) is 0 Å². The van der Waals surface area contributed by atoms with Gasteiger partial charge in [-0.2, -0.15) is 0 Å². The first kappa shape index (κ1) is 21.6. The predicted octanol–water partition coefficient (Wildman–Crippen LogP) is 2.87. The third-order valence-electron chi connectivity index (χ3n) is 5.42. The Hall–Kier alpha value is -3.12. The molecule has 2 aromatic carbocycles. The summed E-state index contributed by atoms with van der Waals surface area (Å²) in [6.45, 7) is 5.35. The molecule has 3 rings (SSSR count). The number of pyridine rings is 1. The second-order valence-electron chi connectivity index (χ2n) is 7.51. The highest BCUT2D eigenvalue weighted by atomic mass is 16.5. The van der Waals surface area contributed by atoms with E-state index in [4.69, 9.17) is 19.2 Å². The van der Waals surface area contributed by atoms with E-state index in [0.29, 0.717) is 17.9 Å². The molecule has 158 valence electrons. The molecule has 6 nitrogen and oxygen atoms in total. The Balaban J connectivity index is 1.95. The molecular weight excluding hydrogens is 380 g/mol. The van der Waals surface area contributed by atoms with Gasteiger partial charge in [-0.25, -0.2) is 9.78 Å². The molecule has 0 radical (unpaired) electrons. The largest absolute Gasteiger partial charge is 0.493 e. The highest BCUT2D eigenvalue weighted by molar-refractivity contribution is 5.98. The number of rotatable bonds is 7. The van der Waals surface area contributed by atoms with Gasteiger partial charge < -0.3 is 19.1 Å². The van der Waals surface area contributed by atoms with Crippen LogP contribution in [0.15, 0.2) is 36.4 Å². The van der Waals surface area contributed by atoms with Crippen LogP contribution in [0.25, 0.3) is 10.9 Å². The van der Waals surface area contributed by atoms with Gasteiger partial charge in [-0.3, -0.25) is 0 Å². The van der Waals surface area contributed by atoms with Crippen LogP contribution in [-0.2, 0) is 17.8 Å². The Kier molecular flexibility index (Phi) is 6.57. The van der Waals surface area contributed by atoms with E-state index in [2.05, 4.69) is 14.0 Å². The van der Waals surface area contributed by atoms with Crippen molar-refractivity contribution in [2.75, 3.05) is 28.4 Å². The number of nitrogens with zero attached hydrogens (tertiary/aromatic N) is 1. The molecular formula is C24H29N2O4+. The van der Waals surface area contributed by atoms with Crippen molar-refractivity contribution in [1.82, 2.24) is 4.98 Å². The molecule has 0 spiro atoms. The van der Waals surface area contributed by atoms with Crippen molar-refractivity contribution in [3.63, 3.8) is 0 Å². The predicted molar refractivity (Wildman–Crippen MR) is 116 cm³/mol. The van der Waals surface area contributed by atoms with E-state index in [9.17, 15) is 4.79 Å². The zero-order valence-electron chi connectivity index (χ0n) is 18.5. The van der Waals surface area contributed by atoms with Crippen LogP contribution in [-0.4, -0.2) is 39.3 Å². The van der Waals surface area contributed by atoms with Crippen LogP contribution in [0.4, 0.5) is 0 Å². The first-order valence-electron chi connectivity index (χ1n) is 9.88. The molecule has 3 aromatic rings. The van der Waals surface area contributed by atoms with Crippen LogP contribution in [0.5, 0.6) is 11.5 Å². The van der Waals surface area contributed by atoms with Gasteiger partial charge in [0.05, 0.1) is 39.5 Å². The van der Waals surface area contributed by atoms with Crippen LogP contribution >= 0.6 is 0 Å². The quantitative estimate of drug-likeness (QED) is 0.608. The molecule has 1 aromatic heterocycles. The Morgan fingerprint density at radius 1 is 1.00 bits per heavy atom. The summed E-state index contributed by atoms with van der Waals surface area (Å²) in [5.41, 5.74) is 5.36. The molecule has 0 saturated carbocycles. The third-order valence-corrected chi connectivity index (χ3v) is 5.42. The normalized spacial score (nSPS) is 11.9. The van der Waals surface area contributed by atoms with E-state index >= 15 is 0 Å². The lowest BCUT2D eigenvalue weighted by molar-refractivity contribution is -0.908. The average Bonchev–Trinajstić information content (AvgIpc) is 2.74. The van der Waals surface area contributed by atoms with Crippen LogP contribution in [0, 0.1) is 13.8 Å². The van der Waals surface area contributed by atoms with Gasteiger partial charge in [0, 0.05) is 10.9 Å². The molecule has 1 heterocycles. The lowest BCUT2D eigenvalue weighted by Gasteiger charge is -2.19. The second-order valence-corrected chi connectivity index (χ2v) is 7.51. The summed E-state index contributed by atoms with van der Waals surface area (Å²) in [4.78, 5) is 18.5. The molecule has 1 atom stereocenters. The van der Waals surface area contributed by atoms with Gasteiger partial charge in [-0.05, 0) is 43.2 Å². The average molecular weight is 410 g/mol. The number of carbonyl (C=O) groups is 1. The highest BCUT2D eigenvalue weighted by Gasteiger charge is 2.22. The SMILES string of the molecule is COC(=O)c1c(C[NH+](C)Cc2cc(OC)c(OC)cc2C)nc2ccccc2c1C. The minimum atomic E-state index is -0.351. The van der Waals surface area contributed by atoms with Gasteiger partial charge in [0.2, 0.25) is 0 Å². The van der Waals surface area contributed by atoms with Gasteiger partial charge in [0.1, 0.15) is 18.8 Å². The molecule has 1 unspecified atom stereocenters. The zero-order valence-corrected chi connectivity index (χ0v) is 18.5. The number of methoxy groups -OCH3 is 3. The monoisotopic (exact) mass is 409 g/mol. The lowest BCUT2D eigenvalue weighted by Crippen LogP contribution is -3.06. The number of aromatic nitrogens is 1. The van der Waals surface area contributed by atoms with Gasteiger partial charge in [-0.1, -0.05) is 18.2 Å². The topological polar surface area (TPSA) is 62.1 Å². The Labute approximate surface area is 177 Å². The number of hydrogen-bond donors (Lipinski definition) is 1. The zero-order chi connectivity index (χ0) is 21.8. The number of quaternary nitrogens is 1. The minimum Gasteiger partial charge on any atom is -0.493 e. The molecule has 0 amide bonds. The van der Waals surface area contributed by atoms with Crippen LogP contribution < -0.4 is 14.4 Å². The van der Waals surface area contributed by atoms with E-state index in [-0.39, 0.29) is 5.97 Å². The molecule has 0 fully saturated rings. The number of esters is 1. The smallest absolute Gasteiger partial charge is 0.340 e. The fourth-order valence-electron chi connectivity index (χ4n) is 3.83. The number of nitrogens with one attached hydrogen (secondary N) is 1. The maximum absolute atomic E-state index is 12.5. The fourth-order valence-corrected chi connectivity index (χ4v) is 3.83. The summed E-state index contributed by atoms with van der Waals surface area (Å²) >= 11 is 0. The first-order chi connectivity index (χ1) is 14.4. The maximum Gasteiger partial charge on any atom is 0.340 e. The molecule has 0 bridgehead atoms. The number of benzene rings is 2. The van der Waals surface area contributed by atoms with E-state index in [1.54, 1.807) is 14.2 Å². The Morgan fingerprint density at radius 2 is 1.67 bits per heavy atom. The van der Waals surface area contributed by atoms with Crippen LogP contribution in [0.1, 0.15) is 32.7 Å². The number of carbonyl (C=O) groups excluding carboxylic acids is 1. The van der Waals surface area contributed by atoms with Gasteiger partial charge >= 0.3 is 5.97 Å². The highest BCUT2D eigenvalue weighted by Crippen LogP contribution is 2.30. The summed E-state index contributed by atoms with van der Waals surface area (Å²) in [7, 11) is 6.77. The first-order valence-corrected chi connectivity index (χ1v) is 9.88. The van der Waals surface area contributed by atoms with Crippen molar-refractivity contribution in [1.29, 1.82) is 0 Å². The number of fused-ring (bicyclic) bond motifs is 1. The lowest BCUT2D eigenvalue weighted by atomic mass is 10.0. The summed E-state index contributed by atoms with van der Waals surface area (Å²) < 4.78 is 15.9. The molecule has 0 saturated heterocycles. The summed E-state index contributed by atoms with van der Waals surface area (Å²) in [5, 5.41) is 0.968. The van der Waals surface area contributed by atoms with Crippen molar-refractivity contribution in [2.45, 2.75) is 26.9 Å². The van der Waals surface area contributed by atoms with Crippen molar-refractivity contribution in [3.8, 4) is 11.5 Å². The molecule has 0 aliphatic heterocycles. The third kappa shape index (κ3) is 4.24. The standard InChI is InChI=1S/C24H28N2O4/c1-15-11-21(28-4)22(29-5)12-17(15)13-26(3)14-20-23(24(27)30-6)16(2)18-9-7-8-10-19(18)25-20/h7-12H,13-14H2,1-6H3/p+1. The van der Waals surface area contributed by atoms with Gasteiger partial charge in [0.25, 0.3) is 0 Å². The summed E-state index contributed by atoms with van der Waals surface area (Å²) in [6.07, 6.45) is 0. The van der Waals surface area contributed by atoms with E-state index in [0.717, 1.165) is 45.6 Å². The van der Waals surface area contributed by atoms with E-state index in [1.807, 2.05) is 43.3 Å². The Bertz CT molecular complexity index is 1080. The van der Waals surface area contributed by atoms with Crippen molar-refractivity contribution in [2.24, 2.45) is 0 Å². The summed E-state index contributed by atoms with van der Waals surface area (Å²) in [6, 6.07) is 11.9. The number of aryl methyl sites for hydroxylation is 2. The minimum absolute atomic E-state index is 0.351. The maximum atomic E-state index is 12.5. The van der Waals surface area contributed by atoms with Crippen molar-refractivity contribution >= 4 is 16.9 Å². The van der Waals surface area contributed by atoms with Crippen LogP contribution in [0.3, 0.4) is 0 Å². The number of hydrogen-bond acceptors (Lipinski definition) is 5. The van der Waals surface area contributed by atoms with E-state index < -0.39 is 0 Å². The van der Waals surface area contributed by atoms with Crippen molar-refractivity contribution in [3.05, 3.63) is 64.3 Å². The number of para-hydroxylation sites is 1. The van der Waals surface area contributed by atoms with Gasteiger partial charge in [0.15, 0.2) is 11.5 Å². The second kappa shape index (κ2) is 9.13. The molecule has 30 heavy (non-hydrogen) atoms. The van der Waals surface area contributed by atoms with Crippen molar-refractivity contribution < 1.29 is 23.9 Å². The molecule has 1 N–H and O–H groups in total. The Morgan fingerprint density at radius 3 is 2.33 bits per heavy atom. The summed E-state index contributed by atoms with van der Waals surface area (Å²) in [5.74, 6) is 1.08. The molecule has 6 heteroatoms. The fraction of sp³-hybridized carbons (Fsp3) is 0.333. The van der Waals surface area contributed by atoms with Gasteiger partial charge in [-0.15, -0.1) is 0 Å². The molecule has 0 aliphatic carbocycles. The molecule has 0 aliphatic rings.